The standard InChI is InChI=1S/C15H12F3N5O2/c16-15(17,18)14-21-20-13-4-3-12(22-23(13)14)19-6-5-9-1-2-10-11(7-9)25-8-24-10/h1-4,7H,5-6,8H2,(H,19,22). The molecule has 0 saturated carbocycles. The van der Waals surface area contributed by atoms with Gasteiger partial charge in [0.2, 0.25) is 6.79 Å². The number of aromatic nitrogens is 4. The number of anilines is 1. The lowest BCUT2D eigenvalue weighted by atomic mass is 10.1. The predicted octanol–water partition coefficient (Wildman–Crippen LogP) is 2.53. The summed E-state index contributed by atoms with van der Waals surface area (Å²) in [4.78, 5) is 0. The summed E-state index contributed by atoms with van der Waals surface area (Å²) < 4.78 is 49.8. The average Bonchev–Trinajstić information content (AvgIpc) is 3.20. The van der Waals surface area contributed by atoms with Crippen molar-refractivity contribution in [1.29, 1.82) is 0 Å². The van der Waals surface area contributed by atoms with E-state index >= 15 is 0 Å². The first-order chi connectivity index (χ1) is 12.0. The Kier molecular flexibility index (Phi) is 3.59. The van der Waals surface area contributed by atoms with Crippen LogP contribution in [0, 0.1) is 0 Å². The summed E-state index contributed by atoms with van der Waals surface area (Å²) in [5.41, 5.74) is 1.05. The van der Waals surface area contributed by atoms with E-state index in [4.69, 9.17) is 9.47 Å². The van der Waals surface area contributed by atoms with E-state index in [1.807, 2.05) is 18.2 Å². The molecule has 0 fully saturated rings. The molecule has 10 heteroatoms. The van der Waals surface area contributed by atoms with Gasteiger partial charge in [0.25, 0.3) is 5.82 Å². The Morgan fingerprint density at radius 3 is 2.76 bits per heavy atom. The van der Waals surface area contributed by atoms with Gasteiger partial charge < -0.3 is 14.8 Å². The van der Waals surface area contributed by atoms with Crippen LogP contribution < -0.4 is 14.8 Å². The summed E-state index contributed by atoms with van der Waals surface area (Å²) in [7, 11) is 0. The van der Waals surface area contributed by atoms with Crippen LogP contribution >= 0.6 is 0 Å². The lowest BCUT2D eigenvalue weighted by molar-refractivity contribution is -0.146. The van der Waals surface area contributed by atoms with Crippen LogP contribution in [0.3, 0.4) is 0 Å². The van der Waals surface area contributed by atoms with Gasteiger partial charge in [-0.15, -0.1) is 15.3 Å². The largest absolute Gasteiger partial charge is 0.454 e. The molecular weight excluding hydrogens is 339 g/mol. The molecule has 4 rings (SSSR count). The molecule has 25 heavy (non-hydrogen) atoms. The van der Waals surface area contributed by atoms with Crippen molar-refractivity contribution < 1.29 is 22.6 Å². The Hall–Kier alpha value is -3.04. The molecule has 1 aliphatic rings. The fraction of sp³-hybridized carbons (Fsp3) is 0.267. The minimum absolute atomic E-state index is 0.0358. The normalized spacial score (nSPS) is 13.4. The predicted molar refractivity (Wildman–Crippen MR) is 80.5 cm³/mol. The van der Waals surface area contributed by atoms with E-state index < -0.39 is 12.0 Å². The highest BCUT2D eigenvalue weighted by Crippen LogP contribution is 2.32. The van der Waals surface area contributed by atoms with Gasteiger partial charge in [0.05, 0.1) is 0 Å². The molecule has 0 unspecified atom stereocenters. The molecule has 0 amide bonds. The first-order valence-corrected chi connectivity index (χ1v) is 7.43. The molecule has 0 spiro atoms. The van der Waals surface area contributed by atoms with Crippen LogP contribution in [0.15, 0.2) is 30.3 Å². The highest BCUT2D eigenvalue weighted by Gasteiger charge is 2.37. The second-order valence-corrected chi connectivity index (χ2v) is 5.37. The minimum Gasteiger partial charge on any atom is -0.454 e. The summed E-state index contributed by atoms with van der Waals surface area (Å²) >= 11 is 0. The van der Waals surface area contributed by atoms with E-state index in [1.165, 1.54) is 6.07 Å². The molecule has 0 saturated heterocycles. The maximum Gasteiger partial charge on any atom is 0.453 e. The third-order valence-corrected chi connectivity index (χ3v) is 3.67. The van der Waals surface area contributed by atoms with Gasteiger partial charge in [-0.1, -0.05) is 6.07 Å². The molecule has 0 atom stereocenters. The van der Waals surface area contributed by atoms with Gasteiger partial charge in [-0.3, -0.25) is 0 Å². The summed E-state index contributed by atoms with van der Waals surface area (Å²) in [6.07, 6.45) is -3.97. The van der Waals surface area contributed by atoms with Gasteiger partial charge >= 0.3 is 6.18 Å². The topological polar surface area (TPSA) is 73.6 Å². The number of fused-ring (bicyclic) bond motifs is 2. The molecule has 1 N–H and O–H groups in total. The second kappa shape index (κ2) is 5.80. The SMILES string of the molecule is FC(F)(F)c1nnc2ccc(NCCc3ccc4c(c3)OCO4)nn12. The number of rotatable bonds is 4. The van der Waals surface area contributed by atoms with E-state index in [1.54, 1.807) is 6.07 Å². The molecule has 3 heterocycles. The number of ether oxygens (including phenoxy) is 2. The monoisotopic (exact) mass is 351 g/mol. The summed E-state index contributed by atoms with van der Waals surface area (Å²) in [5.74, 6) is 0.549. The van der Waals surface area contributed by atoms with E-state index in [0.29, 0.717) is 34.8 Å². The molecule has 2 aromatic heterocycles. The van der Waals surface area contributed by atoms with Crippen molar-refractivity contribution in [2.45, 2.75) is 12.6 Å². The summed E-state index contributed by atoms with van der Waals surface area (Å²) in [5, 5.41) is 13.5. The number of hydrogen-bond donors (Lipinski definition) is 1. The van der Waals surface area contributed by atoms with Crippen LogP contribution in [0.5, 0.6) is 11.5 Å². The lowest BCUT2D eigenvalue weighted by Gasteiger charge is -2.08. The van der Waals surface area contributed by atoms with Crippen molar-refractivity contribution in [3.63, 3.8) is 0 Å². The summed E-state index contributed by atoms with van der Waals surface area (Å²) in [6.45, 7) is 0.697. The number of halogens is 3. The molecule has 3 aromatic rings. The first kappa shape index (κ1) is 15.5. The van der Waals surface area contributed by atoms with Gasteiger partial charge in [0.1, 0.15) is 5.82 Å². The summed E-state index contributed by atoms with van der Waals surface area (Å²) in [6, 6.07) is 8.60. The highest BCUT2D eigenvalue weighted by atomic mass is 19.4. The minimum atomic E-state index is -4.61. The molecule has 7 nitrogen and oxygen atoms in total. The second-order valence-electron chi connectivity index (χ2n) is 5.37. The van der Waals surface area contributed by atoms with Crippen LogP contribution in [0.1, 0.15) is 11.4 Å². The third kappa shape index (κ3) is 3.02. The average molecular weight is 351 g/mol. The molecule has 130 valence electrons. The Morgan fingerprint density at radius 2 is 1.92 bits per heavy atom. The smallest absolute Gasteiger partial charge is 0.453 e. The van der Waals surface area contributed by atoms with E-state index in [2.05, 4.69) is 20.6 Å². The maximum atomic E-state index is 12.9. The van der Waals surface area contributed by atoms with Crippen LogP contribution in [-0.4, -0.2) is 33.1 Å². The number of nitrogens with zero attached hydrogens (tertiary/aromatic N) is 4. The number of alkyl halides is 3. The van der Waals surface area contributed by atoms with Crippen LogP contribution in [0.25, 0.3) is 5.65 Å². The van der Waals surface area contributed by atoms with Crippen molar-refractivity contribution in [2.24, 2.45) is 0 Å². The molecule has 0 radical (unpaired) electrons. The van der Waals surface area contributed by atoms with Crippen molar-refractivity contribution in [1.82, 2.24) is 19.8 Å². The van der Waals surface area contributed by atoms with Gasteiger partial charge in [0.15, 0.2) is 17.1 Å². The molecule has 1 aliphatic heterocycles. The Balaban J connectivity index is 1.46. The molecule has 0 aliphatic carbocycles. The van der Waals surface area contributed by atoms with Gasteiger partial charge in [-0.25, -0.2) is 0 Å². The fourth-order valence-corrected chi connectivity index (χ4v) is 2.49. The Morgan fingerprint density at radius 1 is 1.08 bits per heavy atom. The molecular formula is C15H12F3N5O2. The lowest BCUT2D eigenvalue weighted by Crippen LogP contribution is -2.14. The number of hydrogen-bond acceptors (Lipinski definition) is 6. The molecule has 1 aromatic carbocycles. The van der Waals surface area contributed by atoms with Crippen molar-refractivity contribution in [3.05, 3.63) is 41.7 Å². The first-order valence-electron chi connectivity index (χ1n) is 7.43. The third-order valence-electron chi connectivity index (χ3n) is 3.67. The Bertz CT molecular complexity index is 925. The van der Waals surface area contributed by atoms with Gasteiger partial charge in [0, 0.05) is 6.54 Å². The quantitative estimate of drug-likeness (QED) is 0.779. The maximum absolute atomic E-state index is 12.9. The molecule has 0 bridgehead atoms. The fourth-order valence-electron chi connectivity index (χ4n) is 2.49. The van der Waals surface area contributed by atoms with E-state index in [0.717, 1.165) is 5.56 Å². The van der Waals surface area contributed by atoms with Crippen LogP contribution in [-0.2, 0) is 12.6 Å². The van der Waals surface area contributed by atoms with Crippen molar-refractivity contribution >= 4 is 11.5 Å². The van der Waals surface area contributed by atoms with Crippen LogP contribution in [0.2, 0.25) is 0 Å². The number of nitrogens with one attached hydrogen (secondary N) is 1. The van der Waals surface area contributed by atoms with Gasteiger partial charge in [-0.05, 0) is 36.2 Å². The Labute approximate surface area is 139 Å². The van der Waals surface area contributed by atoms with Crippen molar-refractivity contribution in [3.8, 4) is 11.5 Å². The highest BCUT2D eigenvalue weighted by molar-refractivity contribution is 5.46. The zero-order chi connectivity index (χ0) is 17.4. The van der Waals surface area contributed by atoms with Crippen molar-refractivity contribution in [2.75, 3.05) is 18.7 Å². The number of benzene rings is 1. The zero-order valence-electron chi connectivity index (χ0n) is 12.7. The van der Waals surface area contributed by atoms with Crippen LogP contribution in [0.4, 0.5) is 19.0 Å². The zero-order valence-corrected chi connectivity index (χ0v) is 12.7. The van der Waals surface area contributed by atoms with E-state index in [9.17, 15) is 13.2 Å². The van der Waals surface area contributed by atoms with E-state index in [-0.39, 0.29) is 12.4 Å². The van der Waals surface area contributed by atoms with Gasteiger partial charge in [-0.2, -0.15) is 17.7 Å².